The van der Waals surface area contributed by atoms with Crippen LogP contribution in [0, 0.1) is 0 Å². The van der Waals surface area contributed by atoms with Gasteiger partial charge in [0, 0.05) is 23.0 Å². The molecule has 0 aliphatic carbocycles. The number of rotatable bonds is 4. The van der Waals surface area contributed by atoms with Gasteiger partial charge in [0.05, 0.1) is 22.3 Å². The van der Waals surface area contributed by atoms with E-state index in [-0.39, 0.29) is 0 Å². The largest absolute Gasteiger partial charge is 0.326 e. The van der Waals surface area contributed by atoms with Crippen molar-refractivity contribution in [2.75, 3.05) is 5.43 Å². The van der Waals surface area contributed by atoms with Crippen molar-refractivity contribution in [3.8, 4) is 11.5 Å². The molecule has 26 heavy (non-hydrogen) atoms. The van der Waals surface area contributed by atoms with Gasteiger partial charge in [0.2, 0.25) is 5.13 Å². The Kier molecular flexibility index (Phi) is 4.63. The van der Waals surface area contributed by atoms with Crippen LogP contribution in [-0.4, -0.2) is 20.7 Å². The molecule has 0 fully saturated rings. The lowest BCUT2D eigenvalue weighted by Crippen LogP contribution is -1.94. The summed E-state index contributed by atoms with van der Waals surface area (Å²) in [5.74, 6) is 0.820. The smallest absolute Gasteiger partial charge is 0.203 e. The number of anilines is 1. The molecule has 0 amide bonds. The maximum atomic E-state index is 6.12. The Morgan fingerprint density at radius 3 is 2.81 bits per heavy atom. The lowest BCUT2D eigenvalue weighted by Gasteiger charge is -1.99. The van der Waals surface area contributed by atoms with Crippen LogP contribution in [-0.2, 0) is 7.05 Å². The molecule has 0 aliphatic rings. The fourth-order valence-electron chi connectivity index (χ4n) is 2.57. The molecule has 2 heterocycles. The summed E-state index contributed by atoms with van der Waals surface area (Å²) in [6.07, 6.45) is 1.63. The first kappa shape index (κ1) is 17.0. The predicted octanol–water partition coefficient (Wildman–Crippen LogP) is 5.45. The number of nitrogens with zero attached hydrogens (tertiary/aromatic N) is 4. The average molecular weight is 402 g/mol. The van der Waals surface area contributed by atoms with Gasteiger partial charge in [0.15, 0.2) is 5.82 Å². The van der Waals surface area contributed by atoms with Crippen molar-refractivity contribution < 1.29 is 0 Å². The standard InChI is InChI=1S/C18H13Cl2N5S/c1-25-16-5-3-2-4-14(16)22-17(25)15-10-26-18(23-15)24-21-9-11-6-7-12(19)8-13(11)20/h2-10H,1H3,(H,23,24)/b21-9-. The Morgan fingerprint density at radius 1 is 1.15 bits per heavy atom. The van der Waals surface area contributed by atoms with Crippen LogP contribution in [0.25, 0.3) is 22.6 Å². The van der Waals surface area contributed by atoms with E-state index in [0.717, 1.165) is 28.1 Å². The lowest BCUT2D eigenvalue weighted by molar-refractivity contribution is 0.953. The highest BCUT2D eigenvalue weighted by molar-refractivity contribution is 7.14. The first-order chi connectivity index (χ1) is 12.6. The van der Waals surface area contributed by atoms with Crippen LogP contribution >= 0.6 is 34.5 Å². The van der Waals surface area contributed by atoms with Crippen molar-refractivity contribution in [2.24, 2.45) is 12.1 Å². The van der Waals surface area contributed by atoms with Gasteiger partial charge in [-0.1, -0.05) is 41.4 Å². The summed E-state index contributed by atoms with van der Waals surface area (Å²) in [4.78, 5) is 9.22. The number of halogens is 2. The number of hydrogen-bond donors (Lipinski definition) is 1. The van der Waals surface area contributed by atoms with E-state index in [0.29, 0.717) is 15.2 Å². The number of benzene rings is 2. The Balaban J connectivity index is 1.54. The molecule has 0 radical (unpaired) electrons. The fourth-order valence-corrected chi connectivity index (χ4v) is 3.66. The van der Waals surface area contributed by atoms with E-state index < -0.39 is 0 Å². The number of nitrogens with one attached hydrogen (secondary N) is 1. The Labute approximate surface area is 163 Å². The third kappa shape index (κ3) is 3.31. The summed E-state index contributed by atoms with van der Waals surface area (Å²) in [5, 5.41) is 7.95. The second-order valence-electron chi connectivity index (χ2n) is 5.56. The molecule has 8 heteroatoms. The van der Waals surface area contributed by atoms with Gasteiger partial charge in [0.1, 0.15) is 5.69 Å². The highest BCUT2D eigenvalue weighted by Gasteiger charge is 2.12. The van der Waals surface area contributed by atoms with Gasteiger partial charge >= 0.3 is 0 Å². The summed E-state index contributed by atoms with van der Waals surface area (Å²) in [5.41, 5.74) is 6.52. The molecule has 5 nitrogen and oxygen atoms in total. The summed E-state index contributed by atoms with van der Waals surface area (Å²) in [6.45, 7) is 0. The molecule has 0 bridgehead atoms. The highest BCUT2D eigenvalue weighted by Crippen LogP contribution is 2.27. The number of hydrogen-bond acceptors (Lipinski definition) is 5. The van der Waals surface area contributed by atoms with E-state index in [1.54, 1.807) is 18.3 Å². The van der Waals surface area contributed by atoms with Gasteiger partial charge in [-0.05, 0) is 24.3 Å². The number of aromatic nitrogens is 3. The third-order valence-corrected chi connectivity index (χ3v) is 5.16. The second-order valence-corrected chi connectivity index (χ2v) is 7.26. The van der Waals surface area contributed by atoms with Crippen molar-refractivity contribution >= 4 is 56.9 Å². The van der Waals surface area contributed by atoms with E-state index >= 15 is 0 Å². The topological polar surface area (TPSA) is 55.1 Å². The van der Waals surface area contributed by atoms with Crippen LogP contribution < -0.4 is 5.43 Å². The van der Waals surface area contributed by atoms with Gasteiger partial charge < -0.3 is 4.57 Å². The minimum absolute atomic E-state index is 0.544. The van der Waals surface area contributed by atoms with E-state index in [4.69, 9.17) is 23.2 Å². The van der Waals surface area contributed by atoms with Gasteiger partial charge in [-0.25, -0.2) is 9.97 Å². The predicted molar refractivity (Wildman–Crippen MR) is 110 cm³/mol. The highest BCUT2D eigenvalue weighted by atomic mass is 35.5. The molecule has 130 valence electrons. The third-order valence-electron chi connectivity index (χ3n) is 3.85. The van der Waals surface area contributed by atoms with Crippen LogP contribution in [0.4, 0.5) is 5.13 Å². The quantitative estimate of drug-likeness (QED) is 0.365. The van der Waals surface area contributed by atoms with Gasteiger partial charge in [-0.2, -0.15) is 5.10 Å². The number of imidazole rings is 1. The molecule has 0 saturated heterocycles. The van der Waals surface area contributed by atoms with Crippen molar-refractivity contribution in [3.63, 3.8) is 0 Å². The SMILES string of the molecule is Cn1c(-c2csc(N/N=C\c3ccc(Cl)cc3Cl)n2)nc2ccccc21. The summed E-state index contributed by atoms with van der Waals surface area (Å²) in [6, 6.07) is 13.3. The molecule has 2 aromatic carbocycles. The van der Waals surface area contributed by atoms with Crippen molar-refractivity contribution in [3.05, 3.63) is 63.5 Å². The van der Waals surface area contributed by atoms with E-state index in [1.807, 2.05) is 47.3 Å². The fraction of sp³-hybridized carbons (Fsp3) is 0.0556. The molecule has 0 spiro atoms. The van der Waals surface area contributed by atoms with Crippen LogP contribution in [0.5, 0.6) is 0 Å². The van der Waals surface area contributed by atoms with Crippen LogP contribution in [0.15, 0.2) is 52.9 Å². The van der Waals surface area contributed by atoms with Crippen molar-refractivity contribution in [2.45, 2.75) is 0 Å². The first-order valence-corrected chi connectivity index (χ1v) is 9.37. The zero-order valence-electron chi connectivity index (χ0n) is 13.6. The Hall–Kier alpha value is -2.41. The second kappa shape index (κ2) is 7.07. The van der Waals surface area contributed by atoms with E-state index in [1.165, 1.54) is 11.3 Å². The van der Waals surface area contributed by atoms with Gasteiger partial charge in [0.25, 0.3) is 0 Å². The number of thiazole rings is 1. The number of para-hydroxylation sites is 2. The molecule has 2 aromatic heterocycles. The summed E-state index contributed by atoms with van der Waals surface area (Å²) >= 11 is 13.5. The average Bonchev–Trinajstić information content (AvgIpc) is 3.22. The Bertz CT molecular complexity index is 1120. The van der Waals surface area contributed by atoms with Crippen molar-refractivity contribution in [1.82, 2.24) is 14.5 Å². The molecule has 4 aromatic rings. The minimum atomic E-state index is 0.544. The lowest BCUT2D eigenvalue weighted by atomic mass is 10.2. The van der Waals surface area contributed by atoms with Crippen LogP contribution in [0.2, 0.25) is 10.0 Å². The molecule has 4 rings (SSSR count). The molecular formula is C18H13Cl2N5S. The molecular weight excluding hydrogens is 389 g/mol. The number of hydrazone groups is 1. The zero-order chi connectivity index (χ0) is 18.1. The van der Waals surface area contributed by atoms with Crippen LogP contribution in [0.1, 0.15) is 5.56 Å². The number of aryl methyl sites for hydroxylation is 1. The van der Waals surface area contributed by atoms with Crippen LogP contribution in [0.3, 0.4) is 0 Å². The van der Waals surface area contributed by atoms with Crippen molar-refractivity contribution in [1.29, 1.82) is 0 Å². The first-order valence-electron chi connectivity index (χ1n) is 7.73. The molecule has 0 atom stereocenters. The normalized spacial score (nSPS) is 11.5. The molecule has 1 N–H and O–H groups in total. The van der Waals surface area contributed by atoms with Gasteiger partial charge in [-0.3, -0.25) is 5.43 Å². The van der Waals surface area contributed by atoms with E-state index in [9.17, 15) is 0 Å². The molecule has 0 aliphatic heterocycles. The summed E-state index contributed by atoms with van der Waals surface area (Å²) in [7, 11) is 1.98. The number of fused-ring (bicyclic) bond motifs is 1. The Morgan fingerprint density at radius 2 is 2.00 bits per heavy atom. The molecule has 0 saturated carbocycles. The maximum Gasteiger partial charge on any atom is 0.203 e. The maximum absolute atomic E-state index is 6.12. The summed E-state index contributed by atoms with van der Waals surface area (Å²) < 4.78 is 2.03. The zero-order valence-corrected chi connectivity index (χ0v) is 16.0. The minimum Gasteiger partial charge on any atom is -0.326 e. The van der Waals surface area contributed by atoms with Gasteiger partial charge in [-0.15, -0.1) is 11.3 Å². The monoisotopic (exact) mass is 401 g/mol. The van der Waals surface area contributed by atoms with E-state index in [2.05, 4.69) is 20.5 Å². The molecule has 0 unspecified atom stereocenters.